The molecule has 0 saturated carbocycles. The Balaban J connectivity index is 1.77. The van der Waals surface area contributed by atoms with E-state index in [2.05, 4.69) is 53.2 Å². The molecule has 6 heteroatoms. The lowest BCUT2D eigenvalue weighted by Crippen LogP contribution is -1.98. The Morgan fingerprint density at radius 1 is 1.23 bits per heavy atom. The maximum atomic E-state index is 8.73. The number of benzene rings is 1. The van der Waals surface area contributed by atoms with Gasteiger partial charge in [0.1, 0.15) is 17.4 Å². The predicted molar refractivity (Wildman–Crippen MR) is 85.5 cm³/mol. The van der Waals surface area contributed by atoms with Crippen LogP contribution in [0.4, 0.5) is 0 Å². The van der Waals surface area contributed by atoms with Crippen molar-refractivity contribution in [2.75, 3.05) is 0 Å². The van der Waals surface area contributed by atoms with Crippen molar-refractivity contribution in [1.29, 1.82) is 5.26 Å². The van der Waals surface area contributed by atoms with Crippen LogP contribution in [0.2, 0.25) is 0 Å². The highest BCUT2D eigenvalue weighted by Crippen LogP contribution is 2.27. The van der Waals surface area contributed by atoms with Gasteiger partial charge in [0.25, 0.3) is 5.82 Å². The zero-order valence-electron chi connectivity index (χ0n) is 12.4. The summed E-state index contributed by atoms with van der Waals surface area (Å²) >= 11 is 1.63. The largest absolute Gasteiger partial charge is 0.252 e. The van der Waals surface area contributed by atoms with Gasteiger partial charge in [0.15, 0.2) is 0 Å². The Morgan fingerprint density at radius 2 is 2.00 bits per heavy atom. The van der Waals surface area contributed by atoms with Crippen molar-refractivity contribution in [2.24, 2.45) is 0 Å². The molecule has 3 aromatic rings. The van der Waals surface area contributed by atoms with Crippen LogP contribution in [0.15, 0.2) is 36.8 Å². The van der Waals surface area contributed by atoms with Crippen LogP contribution >= 0.6 is 11.3 Å². The number of hydrogen-bond donors (Lipinski definition) is 0. The minimum absolute atomic E-state index is 0.189. The predicted octanol–water partition coefficient (Wildman–Crippen LogP) is 3.44. The standard InChI is InChI=1S/C16H15N5S/c1-11(2)12-3-5-13(6-4-12)16-18-8-14(22-16)9-21-10-19-15(7-17)20-21/h3-6,8,10-11H,9H2,1-2H3. The van der Waals surface area contributed by atoms with Gasteiger partial charge in [-0.3, -0.25) is 0 Å². The molecule has 0 aliphatic rings. The van der Waals surface area contributed by atoms with Gasteiger partial charge in [-0.05, 0) is 11.5 Å². The van der Waals surface area contributed by atoms with Crippen molar-refractivity contribution in [3.8, 4) is 16.6 Å². The molecular formula is C16H15N5S. The van der Waals surface area contributed by atoms with Gasteiger partial charge in [0, 0.05) is 16.6 Å². The molecule has 1 aromatic carbocycles. The molecule has 3 rings (SSSR count). The number of nitrogens with zero attached hydrogens (tertiary/aromatic N) is 5. The molecule has 0 aliphatic carbocycles. The fourth-order valence-electron chi connectivity index (χ4n) is 2.11. The van der Waals surface area contributed by atoms with Gasteiger partial charge < -0.3 is 0 Å². The summed E-state index contributed by atoms with van der Waals surface area (Å²) < 4.78 is 1.65. The van der Waals surface area contributed by atoms with Gasteiger partial charge in [0.05, 0.1) is 6.54 Å². The average molecular weight is 309 g/mol. The molecule has 0 saturated heterocycles. The lowest BCUT2D eigenvalue weighted by atomic mass is 10.0. The molecule has 0 spiro atoms. The Bertz CT molecular complexity index is 808. The minimum Gasteiger partial charge on any atom is -0.246 e. The summed E-state index contributed by atoms with van der Waals surface area (Å²) in [7, 11) is 0. The van der Waals surface area contributed by atoms with Gasteiger partial charge in [-0.2, -0.15) is 5.26 Å². The number of thiazole rings is 1. The maximum Gasteiger partial charge on any atom is 0.252 e. The van der Waals surface area contributed by atoms with E-state index in [0.29, 0.717) is 12.5 Å². The molecule has 110 valence electrons. The van der Waals surface area contributed by atoms with E-state index in [4.69, 9.17) is 5.26 Å². The van der Waals surface area contributed by atoms with E-state index in [1.54, 1.807) is 22.3 Å². The molecule has 5 nitrogen and oxygen atoms in total. The zero-order chi connectivity index (χ0) is 15.5. The van der Waals surface area contributed by atoms with Gasteiger partial charge in [0.2, 0.25) is 0 Å². The quantitative estimate of drug-likeness (QED) is 0.740. The first-order valence-corrected chi connectivity index (χ1v) is 7.82. The second-order valence-electron chi connectivity index (χ2n) is 5.29. The SMILES string of the molecule is CC(C)c1ccc(-c2ncc(Cn3cnc(C#N)n3)s2)cc1. The number of aromatic nitrogens is 4. The first-order valence-electron chi connectivity index (χ1n) is 7.00. The van der Waals surface area contributed by atoms with E-state index < -0.39 is 0 Å². The lowest BCUT2D eigenvalue weighted by Gasteiger charge is -2.05. The van der Waals surface area contributed by atoms with Crippen LogP contribution in [0.1, 0.15) is 36.0 Å². The molecule has 0 atom stereocenters. The monoisotopic (exact) mass is 309 g/mol. The van der Waals surface area contributed by atoms with Gasteiger partial charge in [-0.25, -0.2) is 14.6 Å². The van der Waals surface area contributed by atoms with Crippen LogP contribution in [0, 0.1) is 11.3 Å². The Labute approximate surface area is 132 Å². The van der Waals surface area contributed by atoms with Crippen molar-refractivity contribution in [2.45, 2.75) is 26.3 Å². The van der Waals surface area contributed by atoms with E-state index in [-0.39, 0.29) is 5.82 Å². The smallest absolute Gasteiger partial charge is 0.246 e. The zero-order valence-corrected chi connectivity index (χ0v) is 13.2. The third-order valence-electron chi connectivity index (χ3n) is 3.33. The summed E-state index contributed by atoms with van der Waals surface area (Å²) in [6.07, 6.45) is 3.42. The molecule has 22 heavy (non-hydrogen) atoms. The first kappa shape index (κ1) is 14.4. The number of rotatable bonds is 4. The number of nitriles is 1. The van der Waals surface area contributed by atoms with Crippen LogP contribution < -0.4 is 0 Å². The molecular weight excluding hydrogens is 294 g/mol. The molecule has 0 N–H and O–H groups in total. The summed E-state index contributed by atoms with van der Waals surface area (Å²) in [6.45, 7) is 4.95. The first-order chi connectivity index (χ1) is 10.7. The van der Waals surface area contributed by atoms with Crippen LogP contribution in [0.3, 0.4) is 0 Å². The number of hydrogen-bond acceptors (Lipinski definition) is 5. The van der Waals surface area contributed by atoms with Crippen LogP contribution in [0.5, 0.6) is 0 Å². The molecule has 0 fully saturated rings. The molecule has 0 aliphatic heterocycles. The van der Waals surface area contributed by atoms with Crippen LogP contribution in [-0.4, -0.2) is 19.7 Å². The van der Waals surface area contributed by atoms with Crippen molar-refractivity contribution in [3.05, 3.63) is 53.1 Å². The third kappa shape index (κ3) is 3.05. The van der Waals surface area contributed by atoms with Crippen molar-refractivity contribution < 1.29 is 0 Å². The van der Waals surface area contributed by atoms with Crippen molar-refractivity contribution in [3.63, 3.8) is 0 Å². The second-order valence-corrected chi connectivity index (χ2v) is 6.40. The van der Waals surface area contributed by atoms with E-state index in [9.17, 15) is 0 Å². The highest BCUT2D eigenvalue weighted by molar-refractivity contribution is 7.15. The van der Waals surface area contributed by atoms with Crippen LogP contribution in [0.25, 0.3) is 10.6 Å². The van der Waals surface area contributed by atoms with Crippen molar-refractivity contribution >= 4 is 11.3 Å². The summed E-state index contributed by atoms with van der Waals surface area (Å²) in [6, 6.07) is 10.4. The van der Waals surface area contributed by atoms with E-state index in [1.165, 1.54) is 5.56 Å². The average Bonchev–Trinajstić information content (AvgIpc) is 3.17. The molecule has 0 amide bonds. The topological polar surface area (TPSA) is 67.4 Å². The summed E-state index contributed by atoms with van der Waals surface area (Å²) in [4.78, 5) is 9.45. The molecule has 0 radical (unpaired) electrons. The molecule has 0 bridgehead atoms. The van der Waals surface area contributed by atoms with E-state index >= 15 is 0 Å². The van der Waals surface area contributed by atoms with Gasteiger partial charge in [-0.15, -0.1) is 16.4 Å². The van der Waals surface area contributed by atoms with Gasteiger partial charge >= 0.3 is 0 Å². The Hall–Kier alpha value is -2.52. The minimum atomic E-state index is 0.189. The van der Waals surface area contributed by atoms with E-state index in [0.717, 1.165) is 15.4 Å². The third-order valence-corrected chi connectivity index (χ3v) is 4.36. The summed E-state index contributed by atoms with van der Waals surface area (Å²) in [5.74, 6) is 0.719. The maximum absolute atomic E-state index is 8.73. The fraction of sp³-hybridized carbons (Fsp3) is 0.250. The lowest BCUT2D eigenvalue weighted by molar-refractivity contribution is 0.689. The molecule has 2 heterocycles. The Kier molecular flexibility index (Phi) is 3.98. The van der Waals surface area contributed by atoms with Crippen LogP contribution in [-0.2, 0) is 6.54 Å². The highest BCUT2D eigenvalue weighted by Gasteiger charge is 2.07. The fourth-order valence-corrected chi connectivity index (χ4v) is 3.02. The van der Waals surface area contributed by atoms with Crippen molar-refractivity contribution in [1.82, 2.24) is 19.7 Å². The van der Waals surface area contributed by atoms with Gasteiger partial charge in [-0.1, -0.05) is 38.1 Å². The summed E-state index contributed by atoms with van der Waals surface area (Å²) in [5, 5.41) is 13.8. The normalized spacial score (nSPS) is 10.8. The Morgan fingerprint density at radius 3 is 2.64 bits per heavy atom. The highest BCUT2D eigenvalue weighted by atomic mass is 32.1. The van der Waals surface area contributed by atoms with E-state index in [1.807, 2.05) is 12.3 Å². The molecule has 2 aromatic heterocycles. The second kappa shape index (κ2) is 6.08. The summed E-state index contributed by atoms with van der Waals surface area (Å²) in [5.41, 5.74) is 2.45. The molecule has 0 unspecified atom stereocenters.